The van der Waals surface area contributed by atoms with Gasteiger partial charge in [-0.25, -0.2) is 12.8 Å². The van der Waals surface area contributed by atoms with E-state index in [1.54, 1.807) is 6.92 Å². The summed E-state index contributed by atoms with van der Waals surface area (Å²) in [5, 5.41) is 0. The predicted molar refractivity (Wildman–Crippen MR) is 101 cm³/mol. The molecule has 0 aromatic heterocycles. The Morgan fingerprint density at radius 2 is 1.54 bits per heavy atom. The van der Waals surface area contributed by atoms with E-state index in [0.717, 1.165) is 22.8 Å². The van der Waals surface area contributed by atoms with E-state index in [2.05, 4.69) is 4.72 Å². The van der Waals surface area contributed by atoms with Gasteiger partial charge in [-0.15, -0.1) is 0 Å². The van der Waals surface area contributed by atoms with Crippen LogP contribution in [0.25, 0.3) is 0 Å². The third kappa shape index (κ3) is 4.00. The second-order valence-electron chi connectivity index (χ2n) is 6.29. The molecule has 134 valence electrons. The van der Waals surface area contributed by atoms with Crippen molar-refractivity contribution >= 4 is 10.0 Å². The minimum absolute atomic E-state index is 0.0764. The molecular formula is C21H20FNO2S. The van der Waals surface area contributed by atoms with Gasteiger partial charge in [-0.05, 0) is 48.7 Å². The van der Waals surface area contributed by atoms with Gasteiger partial charge in [0, 0.05) is 0 Å². The number of hydrogen-bond donors (Lipinski definition) is 1. The Hall–Kier alpha value is -2.50. The van der Waals surface area contributed by atoms with Gasteiger partial charge in [-0.1, -0.05) is 60.2 Å². The maximum absolute atomic E-state index is 13.4. The van der Waals surface area contributed by atoms with Crippen LogP contribution in [0.1, 0.15) is 28.3 Å². The average Bonchev–Trinajstić information content (AvgIpc) is 2.60. The molecule has 3 nitrogen and oxygen atoms in total. The van der Waals surface area contributed by atoms with Crippen LogP contribution < -0.4 is 4.72 Å². The Kier molecular flexibility index (Phi) is 5.20. The van der Waals surface area contributed by atoms with Gasteiger partial charge < -0.3 is 0 Å². The number of sulfonamides is 1. The lowest BCUT2D eigenvalue weighted by molar-refractivity contribution is 0.570. The summed E-state index contributed by atoms with van der Waals surface area (Å²) in [5.74, 6) is -0.459. The van der Waals surface area contributed by atoms with E-state index in [9.17, 15) is 12.8 Å². The second-order valence-corrected chi connectivity index (χ2v) is 7.97. The fourth-order valence-electron chi connectivity index (χ4n) is 2.96. The molecule has 1 atom stereocenters. The first-order valence-corrected chi connectivity index (χ1v) is 9.75. The molecule has 3 aromatic rings. The van der Waals surface area contributed by atoms with Gasteiger partial charge in [0.05, 0.1) is 10.9 Å². The van der Waals surface area contributed by atoms with Gasteiger partial charge in [-0.3, -0.25) is 0 Å². The van der Waals surface area contributed by atoms with E-state index in [1.807, 2.05) is 61.5 Å². The number of nitrogens with one attached hydrogen (secondary N) is 1. The van der Waals surface area contributed by atoms with Crippen molar-refractivity contribution in [2.75, 3.05) is 0 Å². The smallest absolute Gasteiger partial charge is 0.207 e. The number of halogens is 1. The highest BCUT2D eigenvalue weighted by Gasteiger charge is 2.24. The van der Waals surface area contributed by atoms with Gasteiger partial charge in [0.1, 0.15) is 5.82 Å². The molecule has 0 fully saturated rings. The number of rotatable bonds is 5. The van der Waals surface area contributed by atoms with E-state index >= 15 is 0 Å². The normalized spacial score (nSPS) is 12.7. The Morgan fingerprint density at radius 1 is 0.846 bits per heavy atom. The molecule has 0 bridgehead atoms. The van der Waals surface area contributed by atoms with Crippen LogP contribution in [0.15, 0.2) is 77.7 Å². The van der Waals surface area contributed by atoms with Crippen molar-refractivity contribution in [1.82, 2.24) is 4.72 Å². The van der Waals surface area contributed by atoms with Crippen molar-refractivity contribution in [3.8, 4) is 0 Å². The monoisotopic (exact) mass is 369 g/mol. The molecular weight excluding hydrogens is 349 g/mol. The minimum Gasteiger partial charge on any atom is -0.207 e. The molecule has 0 aliphatic rings. The summed E-state index contributed by atoms with van der Waals surface area (Å²) in [6.07, 6.45) is 0. The highest BCUT2D eigenvalue weighted by molar-refractivity contribution is 7.89. The van der Waals surface area contributed by atoms with E-state index < -0.39 is 21.9 Å². The summed E-state index contributed by atoms with van der Waals surface area (Å²) in [6, 6.07) is 20.2. The molecule has 0 amide bonds. The summed E-state index contributed by atoms with van der Waals surface area (Å²) >= 11 is 0. The van der Waals surface area contributed by atoms with Crippen molar-refractivity contribution in [1.29, 1.82) is 0 Å². The maximum Gasteiger partial charge on any atom is 0.241 e. The van der Waals surface area contributed by atoms with Crippen LogP contribution in [0, 0.1) is 19.7 Å². The second kappa shape index (κ2) is 7.40. The van der Waals surface area contributed by atoms with Gasteiger partial charge in [-0.2, -0.15) is 4.72 Å². The van der Waals surface area contributed by atoms with E-state index in [-0.39, 0.29) is 4.90 Å². The lowest BCUT2D eigenvalue weighted by Crippen LogP contribution is -2.30. The lowest BCUT2D eigenvalue weighted by atomic mass is 9.98. The lowest BCUT2D eigenvalue weighted by Gasteiger charge is -2.21. The zero-order chi connectivity index (χ0) is 18.7. The summed E-state index contributed by atoms with van der Waals surface area (Å²) < 4.78 is 42.1. The van der Waals surface area contributed by atoms with Crippen molar-refractivity contribution in [2.45, 2.75) is 24.8 Å². The van der Waals surface area contributed by atoms with Crippen LogP contribution in [0.2, 0.25) is 0 Å². The summed E-state index contributed by atoms with van der Waals surface area (Å²) in [4.78, 5) is 0.0764. The number of hydrogen-bond acceptors (Lipinski definition) is 2. The first kappa shape index (κ1) is 18.3. The Balaban J connectivity index is 2.05. The Bertz CT molecular complexity index is 1020. The average molecular weight is 369 g/mol. The first-order chi connectivity index (χ1) is 12.4. The Morgan fingerprint density at radius 3 is 2.19 bits per heavy atom. The van der Waals surface area contributed by atoms with Gasteiger partial charge in [0.25, 0.3) is 0 Å². The zero-order valence-electron chi connectivity index (χ0n) is 14.6. The molecule has 0 radical (unpaired) electrons. The van der Waals surface area contributed by atoms with Crippen LogP contribution in [-0.2, 0) is 10.0 Å². The molecule has 3 rings (SSSR count). The van der Waals surface area contributed by atoms with Crippen LogP contribution >= 0.6 is 0 Å². The quantitative estimate of drug-likeness (QED) is 0.719. The standard InChI is InChI=1S/C21H20FNO2S/c1-15-7-6-10-18(13-15)21(17-8-4-3-5-9-17)23-26(24,25)20-12-11-19(22)14-16(20)2/h3-14,21,23H,1-2H3/t21-/m0/s1. The molecule has 0 aliphatic carbocycles. The Labute approximate surface area is 153 Å². The zero-order valence-corrected chi connectivity index (χ0v) is 15.4. The van der Waals surface area contributed by atoms with Crippen LogP contribution in [0.4, 0.5) is 4.39 Å². The summed E-state index contributed by atoms with van der Waals surface area (Å²) in [7, 11) is -3.83. The highest BCUT2D eigenvalue weighted by Crippen LogP contribution is 2.26. The third-order valence-electron chi connectivity index (χ3n) is 4.21. The topological polar surface area (TPSA) is 46.2 Å². The van der Waals surface area contributed by atoms with Gasteiger partial charge in [0.15, 0.2) is 0 Å². The van der Waals surface area contributed by atoms with Crippen molar-refractivity contribution in [3.05, 3.63) is 101 Å². The predicted octanol–water partition coefficient (Wildman–Crippen LogP) is 4.51. The third-order valence-corrected chi connectivity index (χ3v) is 5.79. The molecule has 0 spiro atoms. The summed E-state index contributed by atoms with van der Waals surface area (Å²) in [5.41, 5.74) is 3.09. The fraction of sp³-hybridized carbons (Fsp3) is 0.143. The fourth-order valence-corrected chi connectivity index (χ4v) is 4.40. The molecule has 3 aromatic carbocycles. The number of aryl methyl sites for hydroxylation is 2. The largest absolute Gasteiger partial charge is 0.241 e. The first-order valence-electron chi connectivity index (χ1n) is 8.27. The molecule has 0 saturated heterocycles. The molecule has 0 unspecified atom stereocenters. The molecule has 1 N–H and O–H groups in total. The van der Waals surface area contributed by atoms with Crippen molar-refractivity contribution in [3.63, 3.8) is 0 Å². The van der Waals surface area contributed by atoms with E-state index in [0.29, 0.717) is 5.56 Å². The van der Waals surface area contributed by atoms with Gasteiger partial charge in [0.2, 0.25) is 10.0 Å². The van der Waals surface area contributed by atoms with E-state index in [1.165, 1.54) is 12.1 Å². The molecule has 0 aliphatic heterocycles. The van der Waals surface area contributed by atoms with Crippen LogP contribution in [-0.4, -0.2) is 8.42 Å². The molecule has 26 heavy (non-hydrogen) atoms. The summed E-state index contributed by atoms with van der Waals surface area (Å²) in [6.45, 7) is 3.55. The molecule has 0 saturated carbocycles. The van der Waals surface area contributed by atoms with Crippen molar-refractivity contribution in [2.24, 2.45) is 0 Å². The SMILES string of the molecule is Cc1cccc([C@@H](NS(=O)(=O)c2ccc(F)cc2C)c2ccccc2)c1. The van der Waals surface area contributed by atoms with Crippen LogP contribution in [0.5, 0.6) is 0 Å². The van der Waals surface area contributed by atoms with Crippen LogP contribution in [0.3, 0.4) is 0 Å². The molecule has 5 heteroatoms. The highest BCUT2D eigenvalue weighted by atomic mass is 32.2. The van der Waals surface area contributed by atoms with Gasteiger partial charge >= 0.3 is 0 Å². The van der Waals surface area contributed by atoms with E-state index in [4.69, 9.17) is 0 Å². The molecule has 0 heterocycles. The van der Waals surface area contributed by atoms with Crippen molar-refractivity contribution < 1.29 is 12.8 Å². The number of benzene rings is 3. The maximum atomic E-state index is 13.4. The minimum atomic E-state index is -3.83.